The lowest BCUT2D eigenvalue weighted by Crippen LogP contribution is -2.54. The Morgan fingerprint density at radius 1 is 0.977 bits per heavy atom. The molecule has 3 aliphatic heterocycles. The molecule has 0 bridgehead atoms. The van der Waals surface area contributed by atoms with Crippen molar-refractivity contribution in [3.63, 3.8) is 0 Å². The summed E-state index contributed by atoms with van der Waals surface area (Å²) in [5, 5.41) is 10.3. The minimum atomic E-state index is -0.957. The van der Waals surface area contributed by atoms with Crippen molar-refractivity contribution in [1.29, 1.82) is 0 Å². The van der Waals surface area contributed by atoms with Crippen LogP contribution in [0.2, 0.25) is 0 Å². The van der Waals surface area contributed by atoms with Crippen LogP contribution in [-0.4, -0.2) is 69.1 Å². The third-order valence-electron chi connectivity index (χ3n) is 9.45. The monoisotopic (exact) mass is 596 g/mol. The van der Waals surface area contributed by atoms with E-state index in [0.717, 1.165) is 85.8 Å². The zero-order chi connectivity index (χ0) is 30.2. The first-order valence-electron chi connectivity index (χ1n) is 15.6. The van der Waals surface area contributed by atoms with Gasteiger partial charge in [-0.1, -0.05) is 6.07 Å². The molecule has 11 heteroatoms. The lowest BCUT2D eigenvalue weighted by Gasteiger charge is -2.35. The van der Waals surface area contributed by atoms with Crippen molar-refractivity contribution in [1.82, 2.24) is 25.0 Å². The fourth-order valence-electron chi connectivity index (χ4n) is 6.86. The maximum Gasteiger partial charge on any atom is 0.262 e. The van der Waals surface area contributed by atoms with Crippen LogP contribution in [0, 0.1) is 5.92 Å². The lowest BCUT2D eigenvalue weighted by molar-refractivity contribution is -0.136. The van der Waals surface area contributed by atoms with Gasteiger partial charge >= 0.3 is 0 Å². The van der Waals surface area contributed by atoms with Gasteiger partial charge < -0.3 is 10.1 Å². The Labute approximate surface area is 255 Å². The van der Waals surface area contributed by atoms with E-state index in [9.17, 15) is 19.2 Å². The molecule has 2 aromatic heterocycles. The van der Waals surface area contributed by atoms with E-state index in [2.05, 4.69) is 44.8 Å². The van der Waals surface area contributed by atoms with Gasteiger partial charge in [0.25, 0.3) is 11.8 Å². The summed E-state index contributed by atoms with van der Waals surface area (Å²) in [6.07, 6.45) is 10.6. The molecule has 1 aromatic carbocycles. The van der Waals surface area contributed by atoms with Crippen LogP contribution < -0.4 is 10.6 Å². The number of hydrogen-bond acceptors (Lipinski definition) is 8. The maximum absolute atomic E-state index is 13.1. The molecule has 2 saturated heterocycles. The summed E-state index contributed by atoms with van der Waals surface area (Å²) < 4.78 is 7.60. The molecule has 0 spiro atoms. The SMILES string of the molecule is O=C1CCC(N2C(=O)c3ccc(NCCCC4CC(n5cc(-c6cccc(C7CCOCC7)n6)cn5)C4)cc3C2=O)C(=O)N1. The van der Waals surface area contributed by atoms with Crippen LogP contribution in [0.25, 0.3) is 11.3 Å². The number of nitrogens with one attached hydrogen (secondary N) is 2. The first-order valence-corrected chi connectivity index (χ1v) is 15.6. The molecule has 5 heterocycles. The van der Waals surface area contributed by atoms with E-state index in [1.165, 1.54) is 0 Å². The third-order valence-corrected chi connectivity index (χ3v) is 9.45. The van der Waals surface area contributed by atoms with Crippen molar-refractivity contribution in [3.05, 3.63) is 65.6 Å². The van der Waals surface area contributed by atoms with Gasteiger partial charge in [-0.15, -0.1) is 0 Å². The Hall–Kier alpha value is -4.38. The second-order valence-electron chi connectivity index (χ2n) is 12.3. The minimum Gasteiger partial charge on any atom is -0.385 e. The van der Waals surface area contributed by atoms with Crippen molar-refractivity contribution in [2.75, 3.05) is 25.1 Å². The third kappa shape index (κ3) is 5.52. The number of fused-ring (bicyclic) bond motifs is 1. The number of piperidine rings is 1. The van der Waals surface area contributed by atoms with Crippen molar-refractivity contribution in [2.24, 2.45) is 5.92 Å². The highest BCUT2D eigenvalue weighted by Crippen LogP contribution is 2.40. The van der Waals surface area contributed by atoms with Crippen molar-refractivity contribution < 1.29 is 23.9 Å². The zero-order valence-electron chi connectivity index (χ0n) is 24.5. The molecule has 7 rings (SSSR count). The Balaban J connectivity index is 0.874. The summed E-state index contributed by atoms with van der Waals surface area (Å²) in [4.78, 5) is 55.7. The van der Waals surface area contributed by atoms with Crippen LogP contribution in [-0.2, 0) is 14.3 Å². The average Bonchev–Trinajstić information content (AvgIpc) is 3.60. The molecule has 44 heavy (non-hydrogen) atoms. The molecule has 4 aliphatic rings. The van der Waals surface area contributed by atoms with Gasteiger partial charge in [-0.3, -0.25) is 39.1 Å². The van der Waals surface area contributed by atoms with Gasteiger partial charge in [-0.05, 0) is 81.2 Å². The average molecular weight is 597 g/mol. The fraction of sp³-hybridized carbons (Fsp3) is 0.455. The van der Waals surface area contributed by atoms with E-state index in [1.54, 1.807) is 18.2 Å². The number of rotatable bonds is 9. The highest BCUT2D eigenvalue weighted by atomic mass is 16.5. The molecular weight excluding hydrogens is 560 g/mol. The van der Waals surface area contributed by atoms with E-state index < -0.39 is 23.8 Å². The fourth-order valence-corrected chi connectivity index (χ4v) is 6.86. The van der Waals surface area contributed by atoms with Crippen molar-refractivity contribution >= 4 is 29.3 Å². The van der Waals surface area contributed by atoms with E-state index in [4.69, 9.17) is 9.72 Å². The van der Waals surface area contributed by atoms with Crippen LogP contribution in [0.3, 0.4) is 0 Å². The van der Waals surface area contributed by atoms with Crippen LogP contribution in [0.15, 0.2) is 48.8 Å². The number of carbonyl (C=O) groups excluding carboxylic acids is 4. The zero-order valence-corrected chi connectivity index (χ0v) is 24.5. The number of anilines is 1. The van der Waals surface area contributed by atoms with E-state index in [-0.39, 0.29) is 29.9 Å². The van der Waals surface area contributed by atoms with Crippen LogP contribution >= 0.6 is 0 Å². The van der Waals surface area contributed by atoms with Crippen LogP contribution in [0.1, 0.15) is 89.7 Å². The second kappa shape index (κ2) is 12.0. The molecule has 11 nitrogen and oxygen atoms in total. The van der Waals surface area contributed by atoms with Crippen LogP contribution in [0.4, 0.5) is 5.69 Å². The van der Waals surface area contributed by atoms with Gasteiger partial charge in [0, 0.05) is 55.2 Å². The molecule has 1 saturated carbocycles. The smallest absolute Gasteiger partial charge is 0.262 e. The number of pyridine rings is 1. The summed E-state index contributed by atoms with van der Waals surface area (Å²) in [6.45, 7) is 2.36. The van der Waals surface area contributed by atoms with Crippen LogP contribution in [0.5, 0.6) is 0 Å². The Morgan fingerprint density at radius 3 is 2.61 bits per heavy atom. The lowest BCUT2D eigenvalue weighted by atomic mass is 9.77. The summed E-state index contributed by atoms with van der Waals surface area (Å²) in [5.74, 6) is -0.866. The molecule has 3 fully saturated rings. The molecule has 1 atom stereocenters. The quantitative estimate of drug-likeness (QED) is 0.279. The maximum atomic E-state index is 13.1. The molecule has 2 N–H and O–H groups in total. The molecule has 1 unspecified atom stereocenters. The van der Waals surface area contributed by atoms with Gasteiger partial charge in [-0.25, -0.2) is 0 Å². The standard InChI is InChI=1S/C33H36N6O5/c40-30-9-8-29(31(41)37-30)39-32(42)25-7-6-23(17-26(25)33(39)43)34-12-2-3-20-15-24(16-20)38-19-22(18-35-38)28-5-1-4-27(36-28)21-10-13-44-14-11-21/h1,4-7,17-21,24,29,34H,2-3,8-16H2,(H,37,40,41). The number of hydrogen-bond donors (Lipinski definition) is 2. The first-order chi connectivity index (χ1) is 21.4. The number of ether oxygens (including phenoxy) is 1. The molecule has 228 valence electrons. The predicted molar refractivity (Wildman–Crippen MR) is 161 cm³/mol. The summed E-state index contributed by atoms with van der Waals surface area (Å²) in [6, 6.07) is 10.8. The number of nitrogens with zero attached hydrogens (tertiary/aromatic N) is 4. The first kappa shape index (κ1) is 28.4. The molecule has 0 radical (unpaired) electrons. The van der Waals surface area contributed by atoms with Crippen molar-refractivity contribution in [3.8, 4) is 11.3 Å². The Bertz CT molecular complexity index is 1610. The van der Waals surface area contributed by atoms with Crippen molar-refractivity contribution in [2.45, 2.75) is 69.4 Å². The van der Waals surface area contributed by atoms with Gasteiger partial charge in [0.15, 0.2) is 0 Å². The van der Waals surface area contributed by atoms with Gasteiger partial charge in [0.1, 0.15) is 6.04 Å². The number of aromatic nitrogens is 3. The number of benzene rings is 1. The molecule has 4 amide bonds. The Kier molecular flexibility index (Phi) is 7.71. The van der Waals surface area contributed by atoms with E-state index >= 15 is 0 Å². The molecule has 1 aliphatic carbocycles. The van der Waals surface area contributed by atoms with E-state index in [0.29, 0.717) is 17.9 Å². The highest BCUT2D eigenvalue weighted by molar-refractivity contribution is 6.23. The largest absolute Gasteiger partial charge is 0.385 e. The summed E-state index contributed by atoms with van der Waals surface area (Å²) >= 11 is 0. The van der Waals surface area contributed by atoms with Gasteiger partial charge in [-0.2, -0.15) is 5.10 Å². The topological polar surface area (TPSA) is 136 Å². The Morgan fingerprint density at radius 2 is 1.80 bits per heavy atom. The highest BCUT2D eigenvalue weighted by Gasteiger charge is 2.44. The minimum absolute atomic E-state index is 0.102. The summed E-state index contributed by atoms with van der Waals surface area (Å²) in [5.41, 5.74) is 4.51. The summed E-state index contributed by atoms with van der Waals surface area (Å²) in [7, 11) is 0. The van der Waals surface area contributed by atoms with Gasteiger partial charge in [0.2, 0.25) is 11.8 Å². The molecular formula is C33H36N6O5. The second-order valence-corrected chi connectivity index (χ2v) is 12.3. The molecule has 3 aromatic rings. The predicted octanol–water partition coefficient (Wildman–Crippen LogP) is 4.08. The van der Waals surface area contributed by atoms with Gasteiger partial charge in [0.05, 0.1) is 29.1 Å². The number of carbonyl (C=O) groups is 4. The number of amides is 4. The number of imide groups is 2. The normalized spacial score (nSPS) is 23.8. The van der Waals surface area contributed by atoms with E-state index in [1.807, 2.05) is 6.20 Å².